The zero-order valence-electron chi connectivity index (χ0n) is 12.5. The monoisotopic (exact) mass is 340 g/mol. The highest BCUT2D eigenvalue weighted by Gasteiger charge is 2.29. The second-order valence-corrected chi connectivity index (χ2v) is 5.85. The molecule has 0 fully saturated rings. The van der Waals surface area contributed by atoms with Gasteiger partial charge >= 0.3 is 0 Å². The average Bonchev–Trinajstić information content (AvgIpc) is 3.24. The second kappa shape index (κ2) is 5.98. The Labute approximate surface area is 143 Å². The van der Waals surface area contributed by atoms with Crippen molar-refractivity contribution < 1.29 is 9.53 Å². The lowest BCUT2D eigenvalue weighted by Crippen LogP contribution is -2.31. The van der Waals surface area contributed by atoms with Crippen molar-refractivity contribution in [3.63, 3.8) is 0 Å². The summed E-state index contributed by atoms with van der Waals surface area (Å²) in [4.78, 5) is 13.9. The van der Waals surface area contributed by atoms with Crippen LogP contribution in [0.5, 0.6) is 5.75 Å². The van der Waals surface area contributed by atoms with Gasteiger partial charge in [0.25, 0.3) is 5.91 Å². The van der Waals surface area contributed by atoms with E-state index in [9.17, 15) is 4.79 Å². The number of carbonyl (C=O) groups is 1. The number of nitrogens with zero attached hydrogens (tertiary/aromatic N) is 3. The molecule has 0 saturated carbocycles. The molecule has 1 atom stereocenters. The maximum absolute atomic E-state index is 12.4. The molecule has 0 saturated heterocycles. The molecule has 0 aliphatic carbocycles. The van der Waals surface area contributed by atoms with E-state index in [-0.39, 0.29) is 5.91 Å². The van der Waals surface area contributed by atoms with E-state index in [1.807, 2.05) is 18.2 Å². The topological polar surface area (TPSA) is 69.0 Å². The molecule has 1 N–H and O–H groups in total. The fraction of sp³-hybridized carbons (Fsp3) is 0.118. The molecule has 1 amide bonds. The van der Waals surface area contributed by atoms with Crippen molar-refractivity contribution in [2.75, 3.05) is 5.32 Å². The summed E-state index contributed by atoms with van der Waals surface area (Å²) in [6, 6.07) is 12.6. The van der Waals surface area contributed by atoms with Gasteiger partial charge in [-0.2, -0.15) is 15.0 Å². The van der Waals surface area contributed by atoms with Gasteiger partial charge in [0.1, 0.15) is 5.75 Å². The number of nitrogens with one attached hydrogen (secondary N) is 1. The summed E-state index contributed by atoms with van der Waals surface area (Å²) in [5.41, 5.74) is 2.45. The summed E-state index contributed by atoms with van der Waals surface area (Å²) >= 11 is 5.97. The van der Waals surface area contributed by atoms with Crippen LogP contribution in [0.2, 0.25) is 5.02 Å². The summed E-state index contributed by atoms with van der Waals surface area (Å²) in [5, 5.41) is 11.6. The SMILES string of the molecule is O=C(Nc1ccc(-n2nccn2)cc1)[C@@H]1Cc2cc(Cl)ccc2O1. The number of hydrogen-bond acceptors (Lipinski definition) is 4. The molecule has 2 aromatic carbocycles. The number of anilines is 1. The van der Waals surface area contributed by atoms with E-state index in [1.165, 1.54) is 4.80 Å². The van der Waals surface area contributed by atoms with Crippen LogP contribution >= 0.6 is 11.6 Å². The summed E-state index contributed by atoms with van der Waals surface area (Å²) < 4.78 is 5.68. The molecule has 120 valence electrons. The average molecular weight is 341 g/mol. The van der Waals surface area contributed by atoms with E-state index in [1.54, 1.807) is 36.7 Å². The number of rotatable bonds is 3. The van der Waals surface area contributed by atoms with Gasteiger partial charge in [-0.25, -0.2) is 0 Å². The Bertz CT molecular complexity index is 878. The van der Waals surface area contributed by atoms with Crippen LogP contribution in [0.25, 0.3) is 5.69 Å². The number of fused-ring (bicyclic) bond motifs is 1. The summed E-state index contributed by atoms with van der Waals surface area (Å²) in [6.07, 6.45) is 3.18. The molecule has 0 spiro atoms. The van der Waals surface area contributed by atoms with Gasteiger partial charge in [0.05, 0.1) is 18.1 Å². The van der Waals surface area contributed by atoms with Gasteiger partial charge in [-0.3, -0.25) is 4.79 Å². The lowest BCUT2D eigenvalue weighted by atomic mass is 10.1. The minimum absolute atomic E-state index is 0.188. The van der Waals surface area contributed by atoms with E-state index in [0.29, 0.717) is 22.9 Å². The normalized spacial score (nSPS) is 15.6. The molecule has 1 aliphatic rings. The minimum atomic E-state index is -0.550. The number of halogens is 1. The van der Waals surface area contributed by atoms with E-state index < -0.39 is 6.10 Å². The minimum Gasteiger partial charge on any atom is -0.480 e. The van der Waals surface area contributed by atoms with Crippen molar-refractivity contribution in [2.45, 2.75) is 12.5 Å². The Balaban J connectivity index is 1.43. The van der Waals surface area contributed by atoms with Gasteiger partial charge in [0, 0.05) is 17.1 Å². The quantitative estimate of drug-likeness (QED) is 0.796. The van der Waals surface area contributed by atoms with Crippen LogP contribution in [0, 0.1) is 0 Å². The van der Waals surface area contributed by atoms with Crippen LogP contribution < -0.4 is 10.1 Å². The third kappa shape index (κ3) is 2.83. The number of aromatic nitrogens is 3. The van der Waals surface area contributed by atoms with Crippen LogP contribution in [-0.2, 0) is 11.2 Å². The predicted molar refractivity (Wildman–Crippen MR) is 89.6 cm³/mol. The molecule has 1 aromatic heterocycles. The first-order valence-corrected chi connectivity index (χ1v) is 7.79. The van der Waals surface area contributed by atoms with Crippen molar-refractivity contribution in [3.05, 3.63) is 65.4 Å². The Morgan fingerprint density at radius 3 is 2.67 bits per heavy atom. The Kier molecular flexibility index (Phi) is 3.66. The van der Waals surface area contributed by atoms with Crippen LogP contribution in [-0.4, -0.2) is 27.0 Å². The van der Waals surface area contributed by atoms with Gasteiger partial charge in [-0.1, -0.05) is 11.6 Å². The number of benzene rings is 2. The summed E-state index contributed by atoms with van der Waals surface area (Å²) in [6.45, 7) is 0. The highest BCUT2D eigenvalue weighted by Crippen LogP contribution is 2.31. The molecule has 0 radical (unpaired) electrons. The number of carbonyl (C=O) groups excluding carboxylic acids is 1. The maximum atomic E-state index is 12.4. The molecule has 4 rings (SSSR count). The van der Waals surface area contributed by atoms with Crippen molar-refractivity contribution >= 4 is 23.2 Å². The molecule has 7 heteroatoms. The number of ether oxygens (including phenoxy) is 1. The molecule has 1 aliphatic heterocycles. The van der Waals surface area contributed by atoms with Crippen LogP contribution in [0.4, 0.5) is 5.69 Å². The molecular weight excluding hydrogens is 328 g/mol. The van der Waals surface area contributed by atoms with Gasteiger partial charge in [-0.15, -0.1) is 0 Å². The van der Waals surface area contributed by atoms with E-state index in [2.05, 4.69) is 15.5 Å². The fourth-order valence-corrected chi connectivity index (χ4v) is 2.81. The first kappa shape index (κ1) is 14.7. The van der Waals surface area contributed by atoms with Crippen LogP contribution in [0.3, 0.4) is 0 Å². The molecule has 0 unspecified atom stereocenters. The first-order valence-electron chi connectivity index (χ1n) is 7.42. The number of hydrogen-bond donors (Lipinski definition) is 1. The van der Waals surface area contributed by atoms with Gasteiger partial charge in [-0.05, 0) is 48.0 Å². The maximum Gasteiger partial charge on any atom is 0.265 e. The van der Waals surface area contributed by atoms with Gasteiger partial charge < -0.3 is 10.1 Å². The van der Waals surface area contributed by atoms with Crippen LogP contribution in [0.1, 0.15) is 5.56 Å². The van der Waals surface area contributed by atoms with Crippen LogP contribution in [0.15, 0.2) is 54.9 Å². The van der Waals surface area contributed by atoms with Gasteiger partial charge in [0.15, 0.2) is 6.10 Å². The van der Waals surface area contributed by atoms with E-state index in [0.717, 1.165) is 11.3 Å². The smallest absolute Gasteiger partial charge is 0.265 e. The van der Waals surface area contributed by atoms with Crippen molar-refractivity contribution in [3.8, 4) is 11.4 Å². The van der Waals surface area contributed by atoms with Crippen molar-refractivity contribution in [2.24, 2.45) is 0 Å². The summed E-state index contributed by atoms with van der Waals surface area (Å²) in [5.74, 6) is 0.520. The zero-order valence-corrected chi connectivity index (χ0v) is 13.3. The Hall–Kier alpha value is -2.86. The molecule has 2 heterocycles. The third-order valence-corrected chi connectivity index (χ3v) is 4.01. The zero-order chi connectivity index (χ0) is 16.5. The first-order chi connectivity index (χ1) is 11.7. The molecule has 0 bridgehead atoms. The van der Waals surface area contributed by atoms with Crippen molar-refractivity contribution in [1.82, 2.24) is 15.0 Å². The highest BCUT2D eigenvalue weighted by molar-refractivity contribution is 6.30. The molecule has 24 heavy (non-hydrogen) atoms. The van der Waals surface area contributed by atoms with E-state index >= 15 is 0 Å². The Morgan fingerprint density at radius 2 is 1.92 bits per heavy atom. The van der Waals surface area contributed by atoms with Crippen molar-refractivity contribution in [1.29, 1.82) is 0 Å². The fourth-order valence-electron chi connectivity index (χ4n) is 2.61. The third-order valence-electron chi connectivity index (χ3n) is 3.77. The molecule has 6 nitrogen and oxygen atoms in total. The van der Waals surface area contributed by atoms with Gasteiger partial charge in [0.2, 0.25) is 0 Å². The Morgan fingerprint density at radius 1 is 1.17 bits per heavy atom. The summed E-state index contributed by atoms with van der Waals surface area (Å²) in [7, 11) is 0. The molecule has 3 aromatic rings. The number of amides is 1. The largest absolute Gasteiger partial charge is 0.480 e. The highest BCUT2D eigenvalue weighted by atomic mass is 35.5. The predicted octanol–water partition coefficient (Wildman–Crippen LogP) is 2.86. The molecular formula is C17H13ClN4O2. The second-order valence-electron chi connectivity index (χ2n) is 5.42. The lowest BCUT2D eigenvalue weighted by molar-refractivity contribution is -0.122. The van der Waals surface area contributed by atoms with E-state index in [4.69, 9.17) is 16.3 Å². The lowest BCUT2D eigenvalue weighted by Gasteiger charge is -2.11. The standard InChI is InChI=1S/C17H13ClN4O2/c18-12-1-6-15-11(9-12)10-16(24-15)17(23)21-13-2-4-14(5-3-13)22-19-7-8-20-22/h1-9,16H,10H2,(H,21,23)/t16-/m0/s1.